The molecule has 1 aromatic carbocycles. The van der Waals surface area contributed by atoms with Gasteiger partial charge in [-0.1, -0.05) is 0 Å². The highest BCUT2D eigenvalue weighted by Crippen LogP contribution is 2.21. The lowest BCUT2D eigenvalue weighted by atomic mass is 10.1. The molecule has 0 spiro atoms. The molecule has 1 aromatic rings. The Hall–Kier alpha value is -1.09. The van der Waals surface area contributed by atoms with Crippen LogP contribution >= 0.6 is 0 Å². The van der Waals surface area contributed by atoms with Crippen LogP contribution in [-0.4, -0.2) is 20.7 Å². The minimum atomic E-state index is -0.293. The smallest absolute Gasteiger partial charge is 0.165 e. The average molecular weight is 197 g/mol. The fourth-order valence-electron chi connectivity index (χ4n) is 1.38. The van der Waals surface area contributed by atoms with Crippen LogP contribution in [0.2, 0.25) is 0 Å². The molecule has 0 aromatic heterocycles. The first kappa shape index (κ1) is 11.0. The second-order valence-corrected chi connectivity index (χ2v) is 3.27. The van der Waals surface area contributed by atoms with Crippen LogP contribution in [0, 0.1) is 12.7 Å². The van der Waals surface area contributed by atoms with Crippen LogP contribution in [0.4, 0.5) is 4.39 Å². The Kier molecular flexibility index (Phi) is 3.89. The number of methoxy groups -OCH3 is 1. The second kappa shape index (κ2) is 4.96. The van der Waals surface area contributed by atoms with Crippen LogP contribution in [0.1, 0.15) is 11.1 Å². The SMILES string of the molecule is CNCCc1cc(OC)c(F)cc1C. The van der Waals surface area contributed by atoms with E-state index in [0.29, 0.717) is 5.75 Å². The number of aryl methyl sites for hydroxylation is 1. The van der Waals surface area contributed by atoms with Crippen molar-refractivity contribution in [1.29, 1.82) is 0 Å². The zero-order valence-corrected chi connectivity index (χ0v) is 8.86. The highest BCUT2D eigenvalue weighted by atomic mass is 19.1. The lowest BCUT2D eigenvalue weighted by Crippen LogP contribution is -2.11. The summed E-state index contributed by atoms with van der Waals surface area (Å²) < 4.78 is 18.1. The van der Waals surface area contributed by atoms with Gasteiger partial charge < -0.3 is 10.1 Å². The number of likely N-dealkylation sites (N-methyl/N-ethyl adjacent to an activating group) is 1. The van der Waals surface area contributed by atoms with Gasteiger partial charge in [-0.2, -0.15) is 0 Å². The molecule has 0 aliphatic heterocycles. The fraction of sp³-hybridized carbons (Fsp3) is 0.455. The summed E-state index contributed by atoms with van der Waals surface area (Å²) in [6.07, 6.45) is 0.888. The molecular weight excluding hydrogens is 181 g/mol. The van der Waals surface area contributed by atoms with E-state index in [9.17, 15) is 4.39 Å². The molecule has 0 unspecified atom stereocenters. The molecule has 3 heteroatoms. The minimum absolute atomic E-state index is 0.293. The van der Waals surface area contributed by atoms with E-state index in [1.165, 1.54) is 13.2 Å². The maximum Gasteiger partial charge on any atom is 0.165 e. The highest BCUT2D eigenvalue weighted by molar-refractivity contribution is 5.36. The Labute approximate surface area is 84.1 Å². The number of hydrogen-bond donors (Lipinski definition) is 1. The third-order valence-corrected chi connectivity index (χ3v) is 2.25. The molecule has 0 aliphatic rings. The van der Waals surface area contributed by atoms with Crippen LogP contribution in [0.25, 0.3) is 0 Å². The summed E-state index contributed by atoms with van der Waals surface area (Å²) in [7, 11) is 3.38. The van der Waals surface area contributed by atoms with Crippen LogP contribution in [-0.2, 0) is 6.42 Å². The number of halogens is 1. The number of rotatable bonds is 4. The van der Waals surface area contributed by atoms with Gasteiger partial charge in [0.15, 0.2) is 11.6 Å². The largest absolute Gasteiger partial charge is 0.494 e. The third kappa shape index (κ3) is 2.45. The molecule has 0 saturated heterocycles. The number of benzene rings is 1. The van der Waals surface area contributed by atoms with Crippen molar-refractivity contribution in [3.63, 3.8) is 0 Å². The maximum absolute atomic E-state index is 13.2. The molecule has 78 valence electrons. The van der Waals surface area contributed by atoms with E-state index in [4.69, 9.17) is 4.74 Å². The van der Waals surface area contributed by atoms with E-state index in [2.05, 4.69) is 5.32 Å². The zero-order valence-electron chi connectivity index (χ0n) is 8.86. The summed E-state index contributed by atoms with van der Waals surface area (Å²) in [4.78, 5) is 0. The van der Waals surface area contributed by atoms with Gasteiger partial charge in [0.2, 0.25) is 0 Å². The molecule has 0 heterocycles. The molecule has 0 atom stereocenters. The van der Waals surface area contributed by atoms with Crippen LogP contribution in [0.5, 0.6) is 5.75 Å². The normalized spacial score (nSPS) is 10.3. The molecule has 0 saturated carbocycles. The third-order valence-electron chi connectivity index (χ3n) is 2.25. The first-order valence-electron chi connectivity index (χ1n) is 4.66. The molecular formula is C11H16FNO. The van der Waals surface area contributed by atoms with Crippen LogP contribution in [0.15, 0.2) is 12.1 Å². The fourth-order valence-corrected chi connectivity index (χ4v) is 1.38. The van der Waals surface area contributed by atoms with Crippen molar-refractivity contribution in [3.8, 4) is 5.75 Å². The van der Waals surface area contributed by atoms with Crippen molar-refractivity contribution < 1.29 is 9.13 Å². The van der Waals surface area contributed by atoms with Gasteiger partial charge in [-0.15, -0.1) is 0 Å². The topological polar surface area (TPSA) is 21.3 Å². The van der Waals surface area contributed by atoms with Crippen LogP contribution < -0.4 is 10.1 Å². The molecule has 14 heavy (non-hydrogen) atoms. The zero-order chi connectivity index (χ0) is 10.6. The summed E-state index contributed by atoms with van der Waals surface area (Å²) in [5.74, 6) is 0.0277. The lowest BCUT2D eigenvalue weighted by molar-refractivity contribution is 0.385. The van der Waals surface area contributed by atoms with E-state index in [0.717, 1.165) is 24.1 Å². The molecule has 0 amide bonds. The molecule has 1 rings (SSSR count). The van der Waals surface area contributed by atoms with Crippen molar-refractivity contribution in [1.82, 2.24) is 5.32 Å². The van der Waals surface area contributed by atoms with E-state index in [1.807, 2.05) is 14.0 Å². The Balaban J connectivity index is 2.92. The molecule has 0 bridgehead atoms. The first-order chi connectivity index (χ1) is 6.69. The summed E-state index contributed by atoms with van der Waals surface area (Å²) in [5.41, 5.74) is 2.09. The van der Waals surface area contributed by atoms with Gasteiger partial charge in [-0.3, -0.25) is 0 Å². The summed E-state index contributed by atoms with van der Waals surface area (Å²) in [5, 5.41) is 3.06. The van der Waals surface area contributed by atoms with Gasteiger partial charge in [-0.25, -0.2) is 4.39 Å². The maximum atomic E-state index is 13.2. The Morgan fingerprint density at radius 3 is 2.71 bits per heavy atom. The quantitative estimate of drug-likeness (QED) is 0.796. The Morgan fingerprint density at radius 2 is 2.14 bits per heavy atom. The van der Waals surface area contributed by atoms with Crippen LogP contribution in [0.3, 0.4) is 0 Å². The van der Waals surface area contributed by atoms with Gasteiger partial charge in [0.1, 0.15) is 0 Å². The molecule has 1 N–H and O–H groups in total. The van der Waals surface area contributed by atoms with Gasteiger partial charge in [-0.05, 0) is 50.2 Å². The minimum Gasteiger partial charge on any atom is -0.494 e. The number of nitrogens with one attached hydrogen (secondary N) is 1. The lowest BCUT2D eigenvalue weighted by Gasteiger charge is -2.09. The van der Waals surface area contributed by atoms with E-state index in [1.54, 1.807) is 6.07 Å². The van der Waals surface area contributed by atoms with Crippen molar-refractivity contribution in [2.45, 2.75) is 13.3 Å². The van der Waals surface area contributed by atoms with Crippen molar-refractivity contribution in [3.05, 3.63) is 29.1 Å². The number of ether oxygens (including phenoxy) is 1. The van der Waals surface area contributed by atoms with E-state index in [-0.39, 0.29) is 5.82 Å². The van der Waals surface area contributed by atoms with Gasteiger partial charge in [0, 0.05) is 0 Å². The van der Waals surface area contributed by atoms with Gasteiger partial charge >= 0.3 is 0 Å². The summed E-state index contributed by atoms with van der Waals surface area (Å²) in [6, 6.07) is 3.28. The summed E-state index contributed by atoms with van der Waals surface area (Å²) >= 11 is 0. The first-order valence-corrected chi connectivity index (χ1v) is 4.66. The Bertz CT molecular complexity index is 312. The molecule has 0 aliphatic carbocycles. The monoisotopic (exact) mass is 197 g/mol. The summed E-state index contributed by atoms with van der Waals surface area (Å²) in [6.45, 7) is 2.79. The van der Waals surface area contributed by atoms with Crippen molar-refractivity contribution in [2.75, 3.05) is 20.7 Å². The van der Waals surface area contributed by atoms with Crippen molar-refractivity contribution >= 4 is 0 Å². The predicted octanol–water partition coefficient (Wildman–Crippen LogP) is 1.90. The molecule has 0 fully saturated rings. The van der Waals surface area contributed by atoms with E-state index < -0.39 is 0 Å². The molecule has 0 radical (unpaired) electrons. The standard InChI is InChI=1S/C11H16FNO/c1-8-6-10(12)11(14-3)7-9(8)4-5-13-2/h6-7,13H,4-5H2,1-3H3. The van der Waals surface area contributed by atoms with E-state index >= 15 is 0 Å². The Morgan fingerprint density at radius 1 is 1.43 bits per heavy atom. The highest BCUT2D eigenvalue weighted by Gasteiger charge is 2.06. The number of hydrogen-bond acceptors (Lipinski definition) is 2. The van der Waals surface area contributed by atoms with Gasteiger partial charge in [0.25, 0.3) is 0 Å². The van der Waals surface area contributed by atoms with Crippen molar-refractivity contribution in [2.24, 2.45) is 0 Å². The van der Waals surface area contributed by atoms with Gasteiger partial charge in [0.05, 0.1) is 7.11 Å². The second-order valence-electron chi connectivity index (χ2n) is 3.27. The molecule has 2 nitrogen and oxygen atoms in total. The predicted molar refractivity (Wildman–Crippen MR) is 55.3 cm³/mol. The average Bonchev–Trinajstić information content (AvgIpc) is 2.17.